The molecule has 9 nitrogen and oxygen atoms in total. The van der Waals surface area contributed by atoms with Crippen LogP contribution >= 0.6 is 0 Å². The average Bonchev–Trinajstić information content (AvgIpc) is 3.57. The van der Waals surface area contributed by atoms with Crippen LogP contribution in [0.1, 0.15) is 48.2 Å². The van der Waals surface area contributed by atoms with Crippen LogP contribution in [-0.2, 0) is 15.3 Å². The Bertz CT molecular complexity index is 1930. The number of ether oxygens (including phenoxy) is 1. The van der Waals surface area contributed by atoms with E-state index in [1.165, 1.54) is 33.2 Å². The van der Waals surface area contributed by atoms with Gasteiger partial charge in [-0.05, 0) is 79.3 Å². The summed E-state index contributed by atoms with van der Waals surface area (Å²) < 4.78 is 88.1. The van der Waals surface area contributed by atoms with Crippen LogP contribution in [0.15, 0.2) is 60.8 Å². The van der Waals surface area contributed by atoms with Gasteiger partial charge in [0.1, 0.15) is 11.6 Å². The third kappa shape index (κ3) is 7.23. The topological polar surface area (TPSA) is 123 Å². The average molecular weight is 677 g/mol. The van der Waals surface area contributed by atoms with Crippen molar-refractivity contribution in [1.29, 1.82) is 0 Å². The highest BCUT2D eigenvalue weighted by Crippen LogP contribution is 2.44. The summed E-state index contributed by atoms with van der Waals surface area (Å²) in [6.07, 6.45) is -4.03. The van der Waals surface area contributed by atoms with Gasteiger partial charge in [-0.3, -0.25) is 4.79 Å². The van der Waals surface area contributed by atoms with E-state index in [-0.39, 0.29) is 28.4 Å². The van der Waals surface area contributed by atoms with Crippen molar-refractivity contribution in [2.24, 2.45) is 0 Å². The van der Waals surface area contributed by atoms with Gasteiger partial charge in [0.2, 0.25) is 0 Å². The lowest BCUT2D eigenvalue weighted by atomic mass is 9.74. The normalized spacial score (nSPS) is 17.8. The Morgan fingerprint density at radius 1 is 1.13 bits per heavy atom. The largest absolute Gasteiger partial charge is 0.496 e. The van der Waals surface area contributed by atoms with Gasteiger partial charge in [-0.2, -0.15) is 18.3 Å². The van der Waals surface area contributed by atoms with Crippen LogP contribution in [-0.4, -0.2) is 72.2 Å². The first kappa shape index (κ1) is 34.2. The van der Waals surface area contributed by atoms with E-state index in [2.05, 4.69) is 15.7 Å². The van der Waals surface area contributed by atoms with Crippen molar-refractivity contribution in [2.75, 3.05) is 30.5 Å². The number of anilines is 1. The molecule has 2 heterocycles. The Morgan fingerprint density at radius 2 is 1.87 bits per heavy atom. The summed E-state index contributed by atoms with van der Waals surface area (Å²) in [5.41, 5.74) is -2.08. The van der Waals surface area contributed by atoms with Crippen molar-refractivity contribution in [1.82, 2.24) is 15.1 Å². The van der Waals surface area contributed by atoms with Gasteiger partial charge >= 0.3 is 6.18 Å². The minimum atomic E-state index is -5.05. The molecule has 1 aliphatic heterocycles. The van der Waals surface area contributed by atoms with Gasteiger partial charge in [0.05, 0.1) is 42.6 Å². The molecule has 1 fully saturated rings. The lowest BCUT2D eigenvalue weighted by molar-refractivity contribution is -0.260. The maximum atomic E-state index is 14.5. The van der Waals surface area contributed by atoms with E-state index in [0.29, 0.717) is 34.3 Å². The number of carbonyl (C=O) groups excluding carboxylic acids is 1. The summed E-state index contributed by atoms with van der Waals surface area (Å²) >= 11 is 0. The van der Waals surface area contributed by atoms with Gasteiger partial charge in [0, 0.05) is 28.2 Å². The molecule has 3 aromatic carbocycles. The second-order valence-electron chi connectivity index (χ2n) is 12.7. The number of aliphatic hydroxyl groups is 1. The Morgan fingerprint density at radius 3 is 2.53 bits per heavy atom. The number of fused-ring (bicyclic) bond motifs is 1. The van der Waals surface area contributed by atoms with E-state index < -0.39 is 57.8 Å². The fraction of sp³-hybridized carbons (Fsp3) is 0.394. The molecular weight excluding hydrogens is 640 g/mol. The molecule has 1 aromatic heterocycles. The van der Waals surface area contributed by atoms with Crippen LogP contribution in [0.3, 0.4) is 0 Å². The molecule has 3 N–H and O–H groups in total. The first-order chi connectivity index (χ1) is 21.9. The number of sulfone groups is 1. The number of carbonyl (C=O) groups is 1. The number of hydrogen-bond acceptors (Lipinski definition) is 7. The van der Waals surface area contributed by atoms with Gasteiger partial charge in [0.25, 0.3) is 5.91 Å². The molecule has 0 bridgehead atoms. The number of hydrogen-bond donors (Lipinski definition) is 3. The molecule has 2 atom stereocenters. The van der Waals surface area contributed by atoms with Crippen molar-refractivity contribution in [3.63, 3.8) is 0 Å². The van der Waals surface area contributed by atoms with Crippen LogP contribution < -0.4 is 15.4 Å². The lowest BCUT2D eigenvalue weighted by Crippen LogP contribution is -2.53. The minimum absolute atomic E-state index is 0.0207. The van der Waals surface area contributed by atoms with Crippen molar-refractivity contribution in [2.45, 2.75) is 56.8 Å². The number of rotatable bonds is 10. The zero-order valence-electron chi connectivity index (χ0n) is 26.3. The number of halogens is 4. The minimum Gasteiger partial charge on any atom is -0.496 e. The summed E-state index contributed by atoms with van der Waals surface area (Å²) in [7, 11) is -1.84. The Balaban J connectivity index is 1.42. The summed E-state index contributed by atoms with van der Waals surface area (Å²) in [6, 6.07) is 13.1. The van der Waals surface area contributed by atoms with Crippen LogP contribution in [0.5, 0.6) is 5.75 Å². The number of alkyl halides is 3. The number of methoxy groups -OCH3 is 1. The molecule has 4 aromatic rings. The molecule has 1 saturated heterocycles. The number of amides is 1. The monoisotopic (exact) mass is 676 g/mol. The van der Waals surface area contributed by atoms with E-state index in [9.17, 15) is 35.9 Å². The molecule has 47 heavy (non-hydrogen) atoms. The molecule has 0 spiro atoms. The van der Waals surface area contributed by atoms with Gasteiger partial charge < -0.3 is 20.5 Å². The molecule has 2 unspecified atom stereocenters. The second kappa shape index (κ2) is 12.5. The highest BCUT2D eigenvalue weighted by Gasteiger charge is 2.56. The molecular formula is C33H36F4N4O5S. The zero-order chi connectivity index (χ0) is 34.4. The maximum absolute atomic E-state index is 14.5. The summed E-state index contributed by atoms with van der Waals surface area (Å²) in [6.45, 7) is 3.82. The second-order valence-corrected chi connectivity index (χ2v) is 14.9. The van der Waals surface area contributed by atoms with Gasteiger partial charge in [0.15, 0.2) is 15.4 Å². The van der Waals surface area contributed by atoms with E-state index in [1.807, 2.05) is 0 Å². The van der Waals surface area contributed by atoms with E-state index >= 15 is 0 Å². The summed E-state index contributed by atoms with van der Waals surface area (Å²) in [4.78, 5) is 12.9. The number of nitrogens with zero attached hydrogens (tertiary/aromatic N) is 2. The SMILES string of the molecule is COc1ccc(F)cc1C(C)(C)CC(O)(CNc1cc(C)cc2c1cnn2-c1cccc(C(=O)NC2CCS(=O)(=O)C2)c1)C(F)(F)F. The number of benzene rings is 3. The Labute approximate surface area is 269 Å². The summed E-state index contributed by atoms with van der Waals surface area (Å²) in [5, 5.41) is 21.6. The number of nitrogens with one attached hydrogen (secondary N) is 2. The van der Waals surface area contributed by atoms with E-state index in [0.717, 1.165) is 12.1 Å². The van der Waals surface area contributed by atoms with Crippen LogP contribution in [0, 0.1) is 12.7 Å². The molecule has 0 saturated carbocycles. The maximum Gasteiger partial charge on any atom is 0.418 e. The quantitative estimate of drug-likeness (QED) is 0.191. The van der Waals surface area contributed by atoms with Gasteiger partial charge in [-0.15, -0.1) is 0 Å². The Kier molecular flexibility index (Phi) is 9.05. The molecule has 1 amide bonds. The molecule has 252 valence electrons. The molecule has 1 aliphatic rings. The van der Waals surface area contributed by atoms with Crippen LogP contribution in [0.25, 0.3) is 16.6 Å². The fourth-order valence-electron chi connectivity index (χ4n) is 6.12. The molecule has 14 heteroatoms. The molecule has 5 rings (SSSR count). The standard InChI is InChI=1S/C33H36F4N4O5S/c1-20-12-27(38-19-32(43,33(35,36)37)18-31(2,3)26-15-22(34)8-9-29(26)46-4)25-16-39-41(28(25)13-20)24-7-5-6-21(14-24)30(42)40-23-10-11-47(44,45)17-23/h5-9,12-16,23,38,43H,10-11,17-19H2,1-4H3,(H,40,42). The van der Waals surface area contributed by atoms with Gasteiger partial charge in [-0.1, -0.05) is 19.9 Å². The number of aromatic nitrogens is 2. The van der Waals surface area contributed by atoms with Crippen LogP contribution in [0.4, 0.5) is 23.2 Å². The third-order valence-corrected chi connectivity index (χ3v) is 10.2. The number of aryl methyl sites for hydroxylation is 1. The first-order valence-corrected chi connectivity index (χ1v) is 16.7. The predicted molar refractivity (Wildman–Crippen MR) is 170 cm³/mol. The van der Waals surface area contributed by atoms with Crippen molar-refractivity contribution >= 4 is 32.3 Å². The van der Waals surface area contributed by atoms with Crippen molar-refractivity contribution in [3.05, 3.63) is 83.3 Å². The smallest absolute Gasteiger partial charge is 0.418 e. The van der Waals surface area contributed by atoms with E-state index in [1.54, 1.807) is 48.0 Å². The lowest BCUT2D eigenvalue weighted by Gasteiger charge is -2.38. The fourth-order valence-corrected chi connectivity index (χ4v) is 7.79. The molecule has 0 radical (unpaired) electrons. The Hall–Kier alpha value is -4.17. The highest BCUT2D eigenvalue weighted by atomic mass is 32.2. The first-order valence-electron chi connectivity index (χ1n) is 14.9. The van der Waals surface area contributed by atoms with Crippen molar-refractivity contribution in [3.8, 4) is 11.4 Å². The highest BCUT2D eigenvalue weighted by molar-refractivity contribution is 7.91. The zero-order valence-corrected chi connectivity index (χ0v) is 27.1. The predicted octanol–water partition coefficient (Wildman–Crippen LogP) is 5.47. The third-order valence-electron chi connectivity index (χ3n) is 8.48. The van der Waals surface area contributed by atoms with E-state index in [4.69, 9.17) is 4.74 Å². The van der Waals surface area contributed by atoms with Gasteiger partial charge in [-0.25, -0.2) is 17.5 Å². The van der Waals surface area contributed by atoms with Crippen molar-refractivity contribution < 1.29 is 40.6 Å². The summed E-state index contributed by atoms with van der Waals surface area (Å²) in [5.74, 6) is -0.967. The van der Waals surface area contributed by atoms with Crippen LogP contribution in [0.2, 0.25) is 0 Å². The molecule has 0 aliphatic carbocycles.